The van der Waals surface area contributed by atoms with Crippen LogP contribution >= 0.6 is 0 Å². The van der Waals surface area contributed by atoms with Crippen molar-refractivity contribution in [3.63, 3.8) is 0 Å². The van der Waals surface area contributed by atoms with Gasteiger partial charge < -0.3 is 29.4 Å². The minimum absolute atomic E-state index is 0.261. The highest BCUT2D eigenvalue weighted by Crippen LogP contribution is 2.34. The molecule has 7 nitrogen and oxygen atoms in total. The van der Waals surface area contributed by atoms with Gasteiger partial charge in [0, 0.05) is 12.3 Å². The van der Waals surface area contributed by atoms with E-state index in [0.29, 0.717) is 5.75 Å². The number of carbonyl (C=O) groups excluding carboxylic acids is 1. The summed E-state index contributed by atoms with van der Waals surface area (Å²) in [6.45, 7) is 5.21. The van der Waals surface area contributed by atoms with Gasteiger partial charge in [0.25, 0.3) is 0 Å². The second kappa shape index (κ2) is 7.33. The summed E-state index contributed by atoms with van der Waals surface area (Å²) in [5.74, 6) is -0.513. The lowest BCUT2D eigenvalue weighted by molar-refractivity contribution is -0.361. The van der Waals surface area contributed by atoms with Crippen LogP contribution in [0, 0.1) is 0 Å². The molecular formula is C21H25NO6. The maximum Gasteiger partial charge on any atom is 0.223 e. The molecule has 0 bridgehead atoms. The first-order valence-electron chi connectivity index (χ1n) is 9.41. The number of ether oxygens (including phenoxy) is 4. The van der Waals surface area contributed by atoms with Crippen molar-refractivity contribution < 1.29 is 28.8 Å². The summed E-state index contributed by atoms with van der Waals surface area (Å²) in [4.78, 5) is 11.8. The first-order valence-corrected chi connectivity index (χ1v) is 9.41. The van der Waals surface area contributed by atoms with Gasteiger partial charge in [-0.25, -0.2) is 0 Å². The Hall–Kier alpha value is -2.19. The topological polar surface area (TPSA) is 86.3 Å². The summed E-state index contributed by atoms with van der Waals surface area (Å²) in [6, 6.07) is 12.8. The number of amides is 1. The molecule has 1 amide bonds. The molecule has 7 heteroatoms. The Kier molecular flexibility index (Phi) is 5.01. The summed E-state index contributed by atoms with van der Waals surface area (Å²) >= 11 is 0. The third-order valence-corrected chi connectivity index (χ3v) is 5.05. The molecule has 2 aromatic rings. The van der Waals surface area contributed by atoms with E-state index in [1.807, 2.05) is 42.5 Å². The number of hydrogen-bond donors (Lipinski definition) is 2. The highest BCUT2D eigenvalue weighted by molar-refractivity contribution is 5.88. The smallest absolute Gasteiger partial charge is 0.223 e. The van der Waals surface area contributed by atoms with Crippen LogP contribution in [0.5, 0.6) is 5.75 Å². The number of benzene rings is 2. The molecule has 28 heavy (non-hydrogen) atoms. The van der Waals surface area contributed by atoms with Crippen LogP contribution in [-0.2, 0) is 19.0 Å². The average molecular weight is 387 g/mol. The summed E-state index contributed by atoms with van der Waals surface area (Å²) in [5.41, 5.74) is 0. The van der Waals surface area contributed by atoms with Crippen LogP contribution in [-0.4, -0.2) is 54.1 Å². The van der Waals surface area contributed by atoms with Crippen molar-refractivity contribution in [1.29, 1.82) is 0 Å². The Labute approximate surface area is 163 Å². The van der Waals surface area contributed by atoms with Crippen molar-refractivity contribution in [2.24, 2.45) is 0 Å². The number of rotatable bonds is 3. The van der Waals surface area contributed by atoms with Crippen LogP contribution in [0.3, 0.4) is 0 Å². The van der Waals surface area contributed by atoms with Gasteiger partial charge in [0.1, 0.15) is 30.1 Å². The Balaban J connectivity index is 1.63. The Morgan fingerprint density at radius 3 is 2.75 bits per heavy atom. The van der Waals surface area contributed by atoms with Crippen molar-refractivity contribution >= 4 is 16.7 Å². The molecule has 4 rings (SSSR count). The molecule has 2 aromatic carbocycles. The fraction of sp³-hybridized carbons (Fsp3) is 0.476. The first-order chi connectivity index (χ1) is 13.3. The Morgan fingerprint density at radius 2 is 1.96 bits per heavy atom. The third-order valence-electron chi connectivity index (χ3n) is 5.05. The van der Waals surface area contributed by atoms with Gasteiger partial charge in [-0.2, -0.15) is 0 Å². The molecule has 0 aliphatic carbocycles. The van der Waals surface area contributed by atoms with Crippen LogP contribution in [0.1, 0.15) is 20.8 Å². The monoisotopic (exact) mass is 387 g/mol. The SMILES string of the molecule is CC(=O)N[C@@H]1[C@H](Oc2cccc3ccccc23)O[C@@H]2COC(C)(C)O[C@@H]2[C@H]1O. The van der Waals surface area contributed by atoms with Gasteiger partial charge in [0.05, 0.1) is 6.61 Å². The first kappa shape index (κ1) is 19.1. The van der Waals surface area contributed by atoms with E-state index in [1.165, 1.54) is 6.92 Å². The lowest BCUT2D eigenvalue weighted by atomic mass is 9.95. The van der Waals surface area contributed by atoms with Crippen LogP contribution in [0.4, 0.5) is 0 Å². The van der Waals surface area contributed by atoms with E-state index >= 15 is 0 Å². The molecule has 0 radical (unpaired) electrons. The maximum absolute atomic E-state index is 11.8. The number of hydrogen-bond acceptors (Lipinski definition) is 6. The van der Waals surface area contributed by atoms with E-state index in [4.69, 9.17) is 18.9 Å². The average Bonchev–Trinajstić information content (AvgIpc) is 2.65. The quantitative estimate of drug-likeness (QED) is 0.837. The van der Waals surface area contributed by atoms with E-state index in [1.54, 1.807) is 13.8 Å². The van der Waals surface area contributed by atoms with Gasteiger partial charge >= 0.3 is 0 Å². The van der Waals surface area contributed by atoms with Gasteiger partial charge in [0.2, 0.25) is 12.2 Å². The summed E-state index contributed by atoms with van der Waals surface area (Å²) < 4.78 is 23.8. The van der Waals surface area contributed by atoms with Crippen LogP contribution in [0.15, 0.2) is 42.5 Å². The van der Waals surface area contributed by atoms with Gasteiger partial charge in [-0.15, -0.1) is 0 Å². The molecule has 2 saturated heterocycles. The fourth-order valence-corrected chi connectivity index (χ4v) is 3.76. The number of aliphatic hydroxyl groups is 1. The molecule has 0 saturated carbocycles. The lowest BCUT2D eigenvalue weighted by Gasteiger charge is -2.49. The number of fused-ring (bicyclic) bond motifs is 2. The van der Waals surface area contributed by atoms with Crippen LogP contribution in [0.25, 0.3) is 10.8 Å². The molecule has 0 spiro atoms. The molecule has 0 unspecified atom stereocenters. The lowest BCUT2D eigenvalue weighted by Crippen LogP contribution is -2.69. The van der Waals surface area contributed by atoms with E-state index in [2.05, 4.69) is 5.32 Å². The highest BCUT2D eigenvalue weighted by Gasteiger charge is 2.52. The zero-order valence-corrected chi connectivity index (χ0v) is 16.1. The fourth-order valence-electron chi connectivity index (χ4n) is 3.76. The van der Waals surface area contributed by atoms with Crippen LogP contribution in [0.2, 0.25) is 0 Å². The summed E-state index contributed by atoms with van der Waals surface area (Å²) in [7, 11) is 0. The van der Waals surface area contributed by atoms with E-state index in [-0.39, 0.29) is 12.5 Å². The minimum atomic E-state index is -1.01. The summed E-state index contributed by atoms with van der Waals surface area (Å²) in [6.07, 6.45) is -3.04. The molecule has 5 atom stereocenters. The number of carbonyl (C=O) groups is 1. The van der Waals surface area contributed by atoms with Crippen LogP contribution < -0.4 is 10.1 Å². The largest absolute Gasteiger partial charge is 0.462 e. The standard InChI is InChI=1S/C21H25NO6/c1-12(23)22-17-18(24)19-16(11-25-21(2,3)28-19)27-20(17)26-15-10-6-8-13-7-4-5-9-14(13)15/h4-10,16-20,24H,11H2,1-3H3,(H,22,23)/t16-,17+,18+,19+,20-/m1/s1. The third kappa shape index (κ3) is 3.71. The van der Waals surface area contributed by atoms with E-state index in [0.717, 1.165) is 10.8 Å². The minimum Gasteiger partial charge on any atom is -0.462 e. The van der Waals surface area contributed by atoms with Gasteiger partial charge in [-0.1, -0.05) is 36.4 Å². The molecular weight excluding hydrogens is 362 g/mol. The molecule has 0 aromatic heterocycles. The second-order valence-electron chi connectivity index (χ2n) is 7.65. The number of aliphatic hydroxyl groups excluding tert-OH is 1. The Bertz CT molecular complexity index is 864. The van der Waals surface area contributed by atoms with Crippen molar-refractivity contribution in [2.45, 2.75) is 57.2 Å². The molecule has 2 N–H and O–H groups in total. The molecule has 2 heterocycles. The van der Waals surface area contributed by atoms with E-state index < -0.39 is 36.4 Å². The molecule has 2 aliphatic heterocycles. The zero-order valence-electron chi connectivity index (χ0n) is 16.1. The van der Waals surface area contributed by atoms with Gasteiger partial charge in [0.15, 0.2) is 5.79 Å². The normalized spacial score (nSPS) is 31.8. The van der Waals surface area contributed by atoms with Crippen molar-refractivity contribution in [3.05, 3.63) is 42.5 Å². The Morgan fingerprint density at radius 1 is 1.21 bits per heavy atom. The van der Waals surface area contributed by atoms with Gasteiger partial charge in [-0.05, 0) is 25.3 Å². The zero-order chi connectivity index (χ0) is 19.9. The second-order valence-corrected chi connectivity index (χ2v) is 7.65. The molecule has 2 aliphatic rings. The predicted octanol–water partition coefficient (Wildman–Crippen LogP) is 1.96. The van der Waals surface area contributed by atoms with Crippen molar-refractivity contribution in [3.8, 4) is 5.75 Å². The van der Waals surface area contributed by atoms with Gasteiger partial charge in [-0.3, -0.25) is 4.79 Å². The van der Waals surface area contributed by atoms with Crippen molar-refractivity contribution in [2.75, 3.05) is 6.61 Å². The predicted molar refractivity (Wildman–Crippen MR) is 102 cm³/mol. The maximum atomic E-state index is 11.8. The van der Waals surface area contributed by atoms with E-state index in [9.17, 15) is 9.90 Å². The highest BCUT2D eigenvalue weighted by atomic mass is 16.8. The summed E-state index contributed by atoms with van der Waals surface area (Å²) in [5, 5.41) is 15.6. The molecule has 150 valence electrons. The van der Waals surface area contributed by atoms with Crippen molar-refractivity contribution in [1.82, 2.24) is 5.32 Å². The number of nitrogens with one attached hydrogen (secondary N) is 1. The molecule has 2 fully saturated rings.